The average Bonchev–Trinajstić information content (AvgIpc) is 3.15. The number of hydrogen-bond donors (Lipinski definition) is 1. The largest absolute Gasteiger partial charge is 0.507 e. The molecule has 0 spiro atoms. The van der Waals surface area contributed by atoms with Crippen molar-refractivity contribution in [1.82, 2.24) is 4.90 Å². The topological polar surface area (TPSA) is 94.5 Å². The predicted octanol–water partition coefficient (Wildman–Crippen LogP) is 4.73. The van der Waals surface area contributed by atoms with Crippen molar-refractivity contribution in [3.8, 4) is 17.2 Å². The number of benzene rings is 2. The van der Waals surface area contributed by atoms with Gasteiger partial charge < -0.3 is 29.0 Å². The zero-order chi connectivity index (χ0) is 26.1. The van der Waals surface area contributed by atoms with E-state index in [1.165, 1.54) is 12.0 Å². The molecule has 0 aromatic heterocycles. The Morgan fingerprint density at radius 3 is 2.33 bits per heavy atom. The van der Waals surface area contributed by atoms with Crippen LogP contribution in [0.15, 0.2) is 48.0 Å². The number of likely N-dealkylation sites (tertiary alicyclic amines) is 1. The summed E-state index contributed by atoms with van der Waals surface area (Å²) in [6.07, 6.45) is 3.10. The highest BCUT2D eigenvalue weighted by atomic mass is 16.5. The van der Waals surface area contributed by atoms with Crippen molar-refractivity contribution in [2.24, 2.45) is 0 Å². The number of rotatable bonds is 13. The molecular formula is C28H35NO7. The number of methoxy groups -OCH3 is 2. The lowest BCUT2D eigenvalue weighted by Crippen LogP contribution is -2.32. The number of hydrogen-bond acceptors (Lipinski definition) is 7. The molecule has 3 rings (SSSR count). The second kappa shape index (κ2) is 13.0. The van der Waals surface area contributed by atoms with Crippen LogP contribution in [-0.4, -0.2) is 62.3 Å². The fourth-order valence-corrected chi connectivity index (χ4v) is 4.17. The number of aliphatic hydroxyl groups is 1. The number of carbonyl (C=O) groups is 2. The van der Waals surface area contributed by atoms with Crippen LogP contribution in [0.25, 0.3) is 5.76 Å². The lowest BCUT2D eigenvalue weighted by atomic mass is 9.95. The zero-order valence-electron chi connectivity index (χ0n) is 21.4. The van der Waals surface area contributed by atoms with Gasteiger partial charge in [-0.1, -0.05) is 25.8 Å². The molecule has 2 aromatic rings. The van der Waals surface area contributed by atoms with Crippen LogP contribution in [-0.2, 0) is 14.3 Å². The molecule has 1 N–H and O–H groups in total. The number of ketones is 1. The van der Waals surface area contributed by atoms with E-state index in [0.29, 0.717) is 41.6 Å². The van der Waals surface area contributed by atoms with Gasteiger partial charge in [-0.2, -0.15) is 0 Å². The van der Waals surface area contributed by atoms with Gasteiger partial charge in [-0.15, -0.1) is 0 Å². The molecule has 1 heterocycles. The molecule has 0 radical (unpaired) electrons. The normalized spacial score (nSPS) is 16.9. The Balaban J connectivity index is 2.07. The first-order valence-corrected chi connectivity index (χ1v) is 12.3. The fourth-order valence-electron chi connectivity index (χ4n) is 4.17. The highest BCUT2D eigenvalue weighted by Crippen LogP contribution is 2.42. The monoisotopic (exact) mass is 497 g/mol. The Kier molecular flexibility index (Phi) is 9.76. The maximum atomic E-state index is 13.2. The van der Waals surface area contributed by atoms with Crippen LogP contribution < -0.4 is 14.2 Å². The summed E-state index contributed by atoms with van der Waals surface area (Å²) >= 11 is 0. The Morgan fingerprint density at radius 2 is 1.69 bits per heavy atom. The van der Waals surface area contributed by atoms with Crippen LogP contribution in [0.1, 0.15) is 50.3 Å². The third kappa shape index (κ3) is 5.99. The maximum Gasteiger partial charge on any atom is 0.295 e. The molecule has 1 fully saturated rings. The van der Waals surface area contributed by atoms with Crippen LogP contribution in [0.5, 0.6) is 17.2 Å². The first-order chi connectivity index (χ1) is 17.5. The van der Waals surface area contributed by atoms with E-state index in [-0.39, 0.29) is 24.5 Å². The second-order valence-corrected chi connectivity index (χ2v) is 8.41. The van der Waals surface area contributed by atoms with E-state index in [0.717, 1.165) is 19.3 Å². The summed E-state index contributed by atoms with van der Waals surface area (Å²) in [6, 6.07) is 11.2. The van der Waals surface area contributed by atoms with Gasteiger partial charge in [-0.05, 0) is 55.3 Å². The Morgan fingerprint density at radius 1 is 0.944 bits per heavy atom. The number of ether oxygens (including phenoxy) is 4. The number of aliphatic hydroxyl groups excluding tert-OH is 1. The molecule has 1 aliphatic rings. The van der Waals surface area contributed by atoms with Crippen LogP contribution in [0.4, 0.5) is 0 Å². The molecule has 0 bridgehead atoms. The quantitative estimate of drug-likeness (QED) is 0.185. The number of carbonyl (C=O) groups excluding carboxylic acids is 2. The molecule has 1 unspecified atom stereocenters. The smallest absolute Gasteiger partial charge is 0.295 e. The van der Waals surface area contributed by atoms with Gasteiger partial charge in [-0.25, -0.2) is 0 Å². The van der Waals surface area contributed by atoms with E-state index in [2.05, 4.69) is 6.92 Å². The lowest BCUT2D eigenvalue weighted by Gasteiger charge is -2.26. The van der Waals surface area contributed by atoms with E-state index >= 15 is 0 Å². The first-order valence-electron chi connectivity index (χ1n) is 12.3. The first kappa shape index (κ1) is 27.1. The Hall–Kier alpha value is -3.52. The molecule has 8 heteroatoms. The highest BCUT2D eigenvalue weighted by Gasteiger charge is 2.46. The van der Waals surface area contributed by atoms with Crippen LogP contribution in [0, 0.1) is 0 Å². The fraction of sp³-hybridized carbons (Fsp3) is 0.429. The van der Waals surface area contributed by atoms with E-state index in [1.807, 2.05) is 6.92 Å². The maximum absolute atomic E-state index is 13.2. The molecule has 0 aliphatic carbocycles. The SMILES string of the molecule is CCCCCOc1ccc(C2/C(=C(\O)c3ccc(OC)cc3)C(=O)C(=O)N2CCOC)cc1OCC. The van der Waals surface area contributed by atoms with Gasteiger partial charge in [0.05, 0.1) is 38.5 Å². The summed E-state index contributed by atoms with van der Waals surface area (Å²) in [5.41, 5.74) is 1.05. The van der Waals surface area contributed by atoms with Gasteiger partial charge in [0.15, 0.2) is 11.5 Å². The van der Waals surface area contributed by atoms with Crippen molar-refractivity contribution in [1.29, 1.82) is 0 Å². The molecule has 1 atom stereocenters. The molecule has 2 aromatic carbocycles. The third-order valence-electron chi connectivity index (χ3n) is 6.03. The van der Waals surface area contributed by atoms with Crippen molar-refractivity contribution in [2.45, 2.75) is 39.2 Å². The van der Waals surface area contributed by atoms with Gasteiger partial charge in [0, 0.05) is 19.2 Å². The third-order valence-corrected chi connectivity index (χ3v) is 6.03. The summed E-state index contributed by atoms with van der Waals surface area (Å²) in [4.78, 5) is 27.6. The van der Waals surface area contributed by atoms with Crippen molar-refractivity contribution in [2.75, 3.05) is 40.6 Å². The number of nitrogens with zero attached hydrogens (tertiary/aromatic N) is 1. The molecule has 194 valence electrons. The molecule has 0 saturated carbocycles. The molecule has 1 aliphatic heterocycles. The minimum absolute atomic E-state index is 0.0142. The summed E-state index contributed by atoms with van der Waals surface area (Å²) in [6.45, 7) is 5.42. The molecule has 36 heavy (non-hydrogen) atoms. The van der Waals surface area contributed by atoms with Gasteiger partial charge in [0.25, 0.3) is 11.7 Å². The van der Waals surface area contributed by atoms with E-state index in [9.17, 15) is 14.7 Å². The van der Waals surface area contributed by atoms with Crippen molar-refractivity contribution < 1.29 is 33.6 Å². The summed E-state index contributed by atoms with van der Waals surface area (Å²) in [5.74, 6) is 0.0412. The zero-order valence-corrected chi connectivity index (χ0v) is 21.4. The van der Waals surface area contributed by atoms with E-state index < -0.39 is 17.7 Å². The van der Waals surface area contributed by atoms with Crippen molar-refractivity contribution in [3.05, 3.63) is 59.2 Å². The molecule has 1 saturated heterocycles. The summed E-state index contributed by atoms with van der Waals surface area (Å²) in [7, 11) is 3.07. The number of unbranched alkanes of at least 4 members (excludes halogenated alkanes) is 2. The molecule has 1 amide bonds. The minimum Gasteiger partial charge on any atom is -0.507 e. The van der Waals surface area contributed by atoms with Gasteiger partial charge in [0.1, 0.15) is 11.5 Å². The second-order valence-electron chi connectivity index (χ2n) is 8.41. The minimum atomic E-state index is -0.810. The van der Waals surface area contributed by atoms with E-state index in [1.54, 1.807) is 49.6 Å². The highest BCUT2D eigenvalue weighted by molar-refractivity contribution is 6.46. The standard InChI is InChI=1S/C28H35NO7/c1-5-7-8-16-36-22-14-11-20(18-23(22)35-6-2)25-24(27(31)28(32)29(25)15-17-33-3)26(30)19-9-12-21(34-4)13-10-19/h9-14,18,25,30H,5-8,15-17H2,1-4H3/b26-24+. The van der Waals surface area contributed by atoms with Crippen molar-refractivity contribution >= 4 is 17.4 Å². The summed E-state index contributed by atoms with van der Waals surface area (Å²) < 4.78 is 22.1. The number of Topliss-reactive ketones (excluding diaryl/α,β-unsaturated/α-hetero) is 1. The van der Waals surface area contributed by atoms with Gasteiger partial charge in [-0.3, -0.25) is 9.59 Å². The summed E-state index contributed by atoms with van der Waals surface area (Å²) in [5, 5.41) is 11.2. The van der Waals surface area contributed by atoms with Crippen LogP contribution in [0.3, 0.4) is 0 Å². The Bertz CT molecular complexity index is 1080. The predicted molar refractivity (Wildman–Crippen MR) is 137 cm³/mol. The van der Waals surface area contributed by atoms with Gasteiger partial charge >= 0.3 is 0 Å². The van der Waals surface area contributed by atoms with E-state index in [4.69, 9.17) is 18.9 Å². The van der Waals surface area contributed by atoms with Crippen molar-refractivity contribution in [3.63, 3.8) is 0 Å². The van der Waals surface area contributed by atoms with Crippen LogP contribution in [0.2, 0.25) is 0 Å². The van der Waals surface area contributed by atoms with Crippen LogP contribution >= 0.6 is 0 Å². The van der Waals surface area contributed by atoms with Gasteiger partial charge in [0.2, 0.25) is 0 Å². The average molecular weight is 498 g/mol. The molecule has 8 nitrogen and oxygen atoms in total. The lowest BCUT2D eigenvalue weighted by molar-refractivity contribution is -0.140. The number of amides is 1. The Labute approximate surface area is 212 Å². The molecular weight excluding hydrogens is 462 g/mol.